The lowest BCUT2D eigenvalue weighted by Gasteiger charge is -2.43. The smallest absolute Gasteiger partial charge is 0.248 e. The average Bonchev–Trinajstić information content (AvgIpc) is 2.42. The molecule has 21 heavy (non-hydrogen) atoms. The first kappa shape index (κ1) is 15.8. The summed E-state index contributed by atoms with van der Waals surface area (Å²) in [5.74, 6) is -0.194. The van der Waals surface area contributed by atoms with Gasteiger partial charge in [0.2, 0.25) is 11.8 Å². The number of carbonyl (C=O) groups excluding carboxylic acids is 2. The molecule has 0 saturated carbocycles. The van der Waals surface area contributed by atoms with E-state index in [1.807, 2.05) is 6.92 Å². The molecule has 6 heteroatoms. The van der Waals surface area contributed by atoms with Crippen LogP contribution in [-0.4, -0.2) is 33.3 Å². The molecule has 1 saturated heterocycles. The van der Waals surface area contributed by atoms with Crippen molar-refractivity contribution in [3.05, 3.63) is 29.0 Å². The van der Waals surface area contributed by atoms with Crippen LogP contribution in [0.1, 0.15) is 39.2 Å². The monoisotopic (exact) mass is 309 g/mol. The van der Waals surface area contributed by atoms with Crippen molar-refractivity contribution in [2.45, 2.75) is 51.7 Å². The van der Waals surface area contributed by atoms with Crippen molar-refractivity contribution in [1.82, 2.24) is 15.2 Å². The number of amides is 2. The van der Waals surface area contributed by atoms with Crippen LogP contribution in [0, 0.1) is 0 Å². The zero-order valence-corrected chi connectivity index (χ0v) is 13.3. The predicted molar refractivity (Wildman–Crippen MR) is 80.7 cm³/mol. The van der Waals surface area contributed by atoms with Gasteiger partial charge in [0, 0.05) is 18.9 Å². The Morgan fingerprint density at radius 3 is 2.76 bits per heavy atom. The zero-order chi connectivity index (χ0) is 15.6. The number of nitrogens with zero attached hydrogens (tertiary/aromatic N) is 2. The van der Waals surface area contributed by atoms with Crippen LogP contribution in [0.15, 0.2) is 18.5 Å². The van der Waals surface area contributed by atoms with Crippen molar-refractivity contribution in [2.24, 2.45) is 0 Å². The van der Waals surface area contributed by atoms with E-state index in [0.29, 0.717) is 18.0 Å². The van der Waals surface area contributed by atoms with Crippen LogP contribution in [0.25, 0.3) is 0 Å². The first-order valence-electron chi connectivity index (χ1n) is 7.08. The lowest BCUT2D eigenvalue weighted by Crippen LogP contribution is -2.67. The van der Waals surface area contributed by atoms with Crippen molar-refractivity contribution in [1.29, 1.82) is 0 Å². The molecule has 0 bridgehead atoms. The Balaban J connectivity index is 2.32. The summed E-state index contributed by atoms with van der Waals surface area (Å²) in [6, 6.07) is 1.33. The summed E-state index contributed by atoms with van der Waals surface area (Å²) < 4.78 is 0. The third-order valence-electron chi connectivity index (χ3n) is 3.67. The Hall–Kier alpha value is -1.62. The molecule has 1 N–H and O–H groups in total. The first-order chi connectivity index (χ1) is 9.86. The van der Waals surface area contributed by atoms with Gasteiger partial charge in [-0.3, -0.25) is 14.6 Å². The van der Waals surface area contributed by atoms with Crippen LogP contribution in [-0.2, 0) is 16.1 Å². The molecule has 114 valence electrons. The van der Waals surface area contributed by atoms with Gasteiger partial charge in [-0.25, -0.2) is 0 Å². The molecule has 1 unspecified atom stereocenters. The van der Waals surface area contributed by atoms with Gasteiger partial charge in [-0.15, -0.1) is 0 Å². The van der Waals surface area contributed by atoms with Gasteiger partial charge in [0.1, 0.15) is 11.6 Å². The van der Waals surface area contributed by atoms with E-state index >= 15 is 0 Å². The Morgan fingerprint density at radius 2 is 2.14 bits per heavy atom. The molecule has 0 radical (unpaired) electrons. The van der Waals surface area contributed by atoms with Crippen molar-refractivity contribution in [3.63, 3.8) is 0 Å². The third kappa shape index (κ3) is 3.18. The second-order valence-electron chi connectivity index (χ2n) is 5.82. The maximum atomic E-state index is 12.6. The molecule has 2 rings (SSSR count). The topological polar surface area (TPSA) is 62.3 Å². The highest BCUT2D eigenvalue weighted by atomic mass is 35.5. The second kappa shape index (κ2) is 6.02. The zero-order valence-electron chi connectivity index (χ0n) is 12.5. The fourth-order valence-electron chi connectivity index (χ4n) is 2.54. The summed E-state index contributed by atoms with van der Waals surface area (Å²) in [6.07, 6.45) is 4.64. The number of rotatable bonds is 4. The van der Waals surface area contributed by atoms with E-state index in [9.17, 15) is 9.59 Å². The molecule has 1 fully saturated rings. The average molecular weight is 310 g/mol. The number of piperazine rings is 1. The summed E-state index contributed by atoms with van der Waals surface area (Å²) >= 11 is 6.12. The molecule has 1 aromatic rings. The van der Waals surface area contributed by atoms with Gasteiger partial charge in [0.05, 0.1) is 5.02 Å². The van der Waals surface area contributed by atoms with E-state index in [0.717, 1.165) is 12.0 Å². The van der Waals surface area contributed by atoms with Gasteiger partial charge < -0.3 is 10.2 Å². The largest absolute Gasteiger partial charge is 0.340 e. The van der Waals surface area contributed by atoms with E-state index in [2.05, 4.69) is 10.3 Å². The van der Waals surface area contributed by atoms with Gasteiger partial charge in [0.15, 0.2) is 0 Å². The predicted octanol–water partition coefficient (Wildman–Crippen LogP) is 2.14. The van der Waals surface area contributed by atoms with Crippen LogP contribution in [0.5, 0.6) is 0 Å². The van der Waals surface area contributed by atoms with Crippen LogP contribution >= 0.6 is 11.6 Å². The summed E-state index contributed by atoms with van der Waals surface area (Å²) in [5, 5.41) is 3.30. The van der Waals surface area contributed by atoms with Crippen molar-refractivity contribution in [2.75, 3.05) is 0 Å². The lowest BCUT2D eigenvalue weighted by molar-refractivity contribution is -0.154. The summed E-state index contributed by atoms with van der Waals surface area (Å²) in [5.41, 5.74) is -0.0903. The molecule has 1 aliphatic rings. The number of halogens is 1. The maximum absolute atomic E-state index is 12.6. The van der Waals surface area contributed by atoms with E-state index in [1.54, 1.807) is 37.2 Å². The van der Waals surface area contributed by atoms with E-state index in [1.165, 1.54) is 0 Å². The molecule has 0 aromatic carbocycles. The van der Waals surface area contributed by atoms with Crippen LogP contribution in [0.3, 0.4) is 0 Å². The minimum Gasteiger partial charge on any atom is -0.340 e. The van der Waals surface area contributed by atoms with E-state index < -0.39 is 11.6 Å². The minimum atomic E-state index is -0.888. The molecular formula is C15H20ClN3O2. The Bertz CT molecular complexity index is 560. The molecule has 2 amide bonds. The molecule has 0 aliphatic carbocycles. The van der Waals surface area contributed by atoms with Crippen molar-refractivity contribution < 1.29 is 9.59 Å². The number of nitrogens with one attached hydrogen (secondary N) is 1. The normalized spacial score (nSPS) is 21.3. The fraction of sp³-hybridized carbons (Fsp3) is 0.533. The van der Waals surface area contributed by atoms with Gasteiger partial charge in [-0.05, 0) is 31.9 Å². The number of hydrogen-bond acceptors (Lipinski definition) is 3. The molecule has 1 aromatic heterocycles. The number of aromatic nitrogens is 1. The van der Waals surface area contributed by atoms with E-state index in [-0.39, 0.29) is 11.8 Å². The summed E-state index contributed by atoms with van der Waals surface area (Å²) in [7, 11) is 0. The highest BCUT2D eigenvalue weighted by molar-refractivity contribution is 6.31. The quantitative estimate of drug-likeness (QED) is 0.927. The third-order valence-corrected chi connectivity index (χ3v) is 4.01. The molecule has 1 atom stereocenters. The van der Waals surface area contributed by atoms with Crippen LogP contribution in [0.4, 0.5) is 0 Å². The highest BCUT2D eigenvalue weighted by Gasteiger charge is 2.44. The highest BCUT2D eigenvalue weighted by Crippen LogP contribution is 2.25. The Kier molecular flexibility index (Phi) is 4.52. The Labute approximate surface area is 129 Å². The molecule has 0 spiro atoms. The van der Waals surface area contributed by atoms with Crippen molar-refractivity contribution >= 4 is 23.4 Å². The molecule has 5 nitrogen and oxygen atoms in total. The molecular weight excluding hydrogens is 290 g/mol. The minimum absolute atomic E-state index is 0.0894. The number of hydrogen-bond donors (Lipinski definition) is 1. The molecule has 2 heterocycles. The van der Waals surface area contributed by atoms with Gasteiger partial charge in [0.25, 0.3) is 0 Å². The fourth-order valence-corrected chi connectivity index (χ4v) is 2.72. The van der Waals surface area contributed by atoms with Crippen LogP contribution < -0.4 is 5.32 Å². The number of pyridine rings is 1. The van der Waals surface area contributed by atoms with Gasteiger partial charge in [-0.1, -0.05) is 24.9 Å². The van der Waals surface area contributed by atoms with Gasteiger partial charge in [-0.2, -0.15) is 0 Å². The Morgan fingerprint density at radius 1 is 1.43 bits per heavy atom. The van der Waals surface area contributed by atoms with Crippen LogP contribution in [0.2, 0.25) is 5.02 Å². The number of carbonyl (C=O) groups is 2. The standard InChI is InChI=1S/C15H20ClN3O2/c1-4-5-12-13(20)18-15(2,3)14(21)19(12)9-10-6-7-17-8-11(10)16/h6-8,12H,4-5,9H2,1-3H3,(H,18,20). The van der Waals surface area contributed by atoms with Gasteiger partial charge >= 0.3 is 0 Å². The summed E-state index contributed by atoms with van der Waals surface area (Å²) in [6.45, 7) is 5.75. The van der Waals surface area contributed by atoms with Crippen molar-refractivity contribution in [3.8, 4) is 0 Å². The SMILES string of the molecule is CCCC1C(=O)NC(C)(C)C(=O)N1Cc1ccncc1Cl. The molecule has 1 aliphatic heterocycles. The van der Waals surface area contributed by atoms with E-state index in [4.69, 9.17) is 11.6 Å². The second-order valence-corrected chi connectivity index (χ2v) is 6.23. The lowest BCUT2D eigenvalue weighted by atomic mass is 9.94. The summed E-state index contributed by atoms with van der Waals surface area (Å²) in [4.78, 5) is 30.5. The maximum Gasteiger partial charge on any atom is 0.248 e. The first-order valence-corrected chi connectivity index (χ1v) is 7.46.